The minimum atomic E-state index is 0.859. The summed E-state index contributed by atoms with van der Waals surface area (Å²) in [4.78, 5) is 0. The standard InChI is InChI=1S/C23H48O2/c1-5-15-23(4)17-14-21-25-19-12-10-8-7-9-11-18-24-20-13-16-22(3)6-2/h22-23H,5-21H2,1-4H3. The molecule has 152 valence electrons. The predicted octanol–water partition coefficient (Wildman–Crippen LogP) is 7.40. The first-order valence-corrected chi connectivity index (χ1v) is 11.4. The van der Waals surface area contributed by atoms with Gasteiger partial charge < -0.3 is 9.47 Å². The Kier molecular flexibility index (Phi) is 20.2. The maximum atomic E-state index is 5.75. The summed E-state index contributed by atoms with van der Waals surface area (Å²) in [7, 11) is 0. The molecule has 0 saturated heterocycles. The molecule has 0 bridgehead atoms. The fourth-order valence-electron chi connectivity index (χ4n) is 3.23. The van der Waals surface area contributed by atoms with E-state index in [-0.39, 0.29) is 0 Å². The van der Waals surface area contributed by atoms with Gasteiger partial charge in [-0.05, 0) is 50.4 Å². The lowest BCUT2D eigenvalue weighted by molar-refractivity contribution is 0.120. The first kappa shape index (κ1) is 24.9. The van der Waals surface area contributed by atoms with Gasteiger partial charge in [-0.15, -0.1) is 0 Å². The van der Waals surface area contributed by atoms with E-state index in [0.29, 0.717) is 0 Å². The number of ether oxygens (including phenoxy) is 2. The van der Waals surface area contributed by atoms with Gasteiger partial charge in [0.05, 0.1) is 0 Å². The first-order valence-electron chi connectivity index (χ1n) is 11.4. The molecule has 0 fully saturated rings. The molecule has 0 N–H and O–H groups in total. The SMILES string of the molecule is CCCC(C)CCCOCCCCCCCCOCCCC(C)CC. The third-order valence-electron chi connectivity index (χ3n) is 5.28. The molecule has 2 nitrogen and oxygen atoms in total. The molecule has 0 saturated carbocycles. The van der Waals surface area contributed by atoms with E-state index in [1.165, 1.54) is 83.5 Å². The average Bonchev–Trinajstić information content (AvgIpc) is 2.61. The molecule has 0 heterocycles. The van der Waals surface area contributed by atoms with Gasteiger partial charge in [-0.25, -0.2) is 0 Å². The Morgan fingerprint density at radius 3 is 1.44 bits per heavy atom. The Morgan fingerprint density at radius 1 is 0.520 bits per heavy atom. The summed E-state index contributed by atoms with van der Waals surface area (Å²) in [5, 5.41) is 0. The van der Waals surface area contributed by atoms with Crippen LogP contribution in [0.1, 0.15) is 111 Å². The molecule has 25 heavy (non-hydrogen) atoms. The highest BCUT2D eigenvalue weighted by atomic mass is 16.5. The summed E-state index contributed by atoms with van der Waals surface area (Å²) in [5.41, 5.74) is 0. The normalized spacial score (nSPS) is 13.9. The molecular weight excluding hydrogens is 308 g/mol. The number of rotatable bonds is 20. The van der Waals surface area contributed by atoms with Crippen molar-refractivity contribution in [1.82, 2.24) is 0 Å². The largest absolute Gasteiger partial charge is 0.381 e. The van der Waals surface area contributed by atoms with Crippen molar-refractivity contribution in [3.8, 4) is 0 Å². The number of unbranched alkanes of at least 4 members (excludes halogenated alkanes) is 5. The second-order valence-corrected chi connectivity index (χ2v) is 8.04. The van der Waals surface area contributed by atoms with Gasteiger partial charge in [0, 0.05) is 26.4 Å². The highest BCUT2D eigenvalue weighted by Gasteiger charge is 2.00. The first-order chi connectivity index (χ1) is 12.2. The fourth-order valence-corrected chi connectivity index (χ4v) is 3.23. The van der Waals surface area contributed by atoms with Crippen LogP contribution in [0, 0.1) is 11.8 Å². The van der Waals surface area contributed by atoms with Gasteiger partial charge >= 0.3 is 0 Å². The highest BCUT2D eigenvalue weighted by Crippen LogP contribution is 2.12. The van der Waals surface area contributed by atoms with Gasteiger partial charge in [-0.2, -0.15) is 0 Å². The zero-order valence-electron chi connectivity index (χ0n) is 18.0. The Morgan fingerprint density at radius 2 is 0.960 bits per heavy atom. The summed E-state index contributed by atoms with van der Waals surface area (Å²) >= 11 is 0. The molecule has 0 aromatic rings. The maximum absolute atomic E-state index is 5.75. The smallest absolute Gasteiger partial charge is 0.0466 e. The van der Waals surface area contributed by atoms with Crippen molar-refractivity contribution >= 4 is 0 Å². The average molecular weight is 357 g/mol. The van der Waals surface area contributed by atoms with Crippen molar-refractivity contribution in [1.29, 1.82) is 0 Å². The van der Waals surface area contributed by atoms with E-state index in [1.807, 2.05) is 0 Å². The van der Waals surface area contributed by atoms with Crippen LogP contribution in [0.3, 0.4) is 0 Å². The van der Waals surface area contributed by atoms with Crippen LogP contribution in [0.5, 0.6) is 0 Å². The topological polar surface area (TPSA) is 18.5 Å². The molecule has 0 aromatic heterocycles. The van der Waals surface area contributed by atoms with Crippen molar-refractivity contribution in [2.24, 2.45) is 11.8 Å². The van der Waals surface area contributed by atoms with E-state index in [1.54, 1.807) is 0 Å². The highest BCUT2D eigenvalue weighted by molar-refractivity contribution is 4.52. The molecule has 0 rings (SSSR count). The van der Waals surface area contributed by atoms with Gasteiger partial charge in [-0.1, -0.05) is 72.6 Å². The Bertz CT molecular complexity index is 242. The molecule has 0 amide bonds. The zero-order valence-corrected chi connectivity index (χ0v) is 18.0. The second kappa shape index (κ2) is 20.2. The third kappa shape index (κ3) is 20.1. The second-order valence-electron chi connectivity index (χ2n) is 8.04. The van der Waals surface area contributed by atoms with E-state index >= 15 is 0 Å². The van der Waals surface area contributed by atoms with Crippen LogP contribution in [0.15, 0.2) is 0 Å². The molecule has 0 radical (unpaired) electrons. The summed E-state index contributed by atoms with van der Waals surface area (Å²) in [5.74, 6) is 1.73. The third-order valence-corrected chi connectivity index (χ3v) is 5.28. The molecule has 0 aliphatic carbocycles. The van der Waals surface area contributed by atoms with E-state index in [4.69, 9.17) is 9.47 Å². The van der Waals surface area contributed by atoms with Crippen molar-refractivity contribution in [2.45, 2.75) is 111 Å². The van der Waals surface area contributed by atoms with Crippen LogP contribution in [0.4, 0.5) is 0 Å². The fraction of sp³-hybridized carbons (Fsp3) is 1.00. The molecule has 2 atom stereocenters. The molecule has 0 spiro atoms. The van der Waals surface area contributed by atoms with Crippen LogP contribution < -0.4 is 0 Å². The van der Waals surface area contributed by atoms with Crippen LogP contribution in [0.2, 0.25) is 0 Å². The van der Waals surface area contributed by atoms with Gasteiger partial charge in [0.2, 0.25) is 0 Å². The minimum Gasteiger partial charge on any atom is -0.381 e. The molecule has 2 heteroatoms. The van der Waals surface area contributed by atoms with Crippen LogP contribution in [-0.4, -0.2) is 26.4 Å². The van der Waals surface area contributed by atoms with E-state index in [0.717, 1.165) is 38.3 Å². The number of hydrogen-bond donors (Lipinski definition) is 0. The zero-order chi connectivity index (χ0) is 18.6. The summed E-state index contributed by atoms with van der Waals surface area (Å²) in [6, 6.07) is 0. The Balaban J connectivity index is 3.05. The molecular formula is C23H48O2. The molecule has 0 aromatic carbocycles. The molecule has 2 unspecified atom stereocenters. The summed E-state index contributed by atoms with van der Waals surface area (Å²) < 4.78 is 11.5. The van der Waals surface area contributed by atoms with Crippen molar-refractivity contribution in [3.05, 3.63) is 0 Å². The summed E-state index contributed by atoms with van der Waals surface area (Å²) in [6.45, 7) is 13.1. The Labute approximate surface area is 159 Å². The van der Waals surface area contributed by atoms with Gasteiger partial charge in [0.1, 0.15) is 0 Å². The minimum absolute atomic E-state index is 0.859. The monoisotopic (exact) mass is 356 g/mol. The van der Waals surface area contributed by atoms with Crippen LogP contribution in [-0.2, 0) is 9.47 Å². The van der Waals surface area contributed by atoms with E-state index in [2.05, 4.69) is 27.7 Å². The summed E-state index contributed by atoms with van der Waals surface area (Å²) in [6.07, 6.45) is 16.9. The maximum Gasteiger partial charge on any atom is 0.0466 e. The van der Waals surface area contributed by atoms with Crippen molar-refractivity contribution in [2.75, 3.05) is 26.4 Å². The van der Waals surface area contributed by atoms with E-state index < -0.39 is 0 Å². The lowest BCUT2D eigenvalue weighted by atomic mass is 10.0. The van der Waals surface area contributed by atoms with E-state index in [9.17, 15) is 0 Å². The van der Waals surface area contributed by atoms with Crippen LogP contribution >= 0.6 is 0 Å². The Hall–Kier alpha value is -0.0800. The molecule has 0 aliphatic heterocycles. The van der Waals surface area contributed by atoms with Crippen molar-refractivity contribution in [3.63, 3.8) is 0 Å². The molecule has 0 aliphatic rings. The van der Waals surface area contributed by atoms with Crippen LogP contribution in [0.25, 0.3) is 0 Å². The lowest BCUT2D eigenvalue weighted by Crippen LogP contribution is -2.01. The van der Waals surface area contributed by atoms with Crippen molar-refractivity contribution < 1.29 is 9.47 Å². The van der Waals surface area contributed by atoms with Gasteiger partial charge in [0.25, 0.3) is 0 Å². The number of hydrogen-bond acceptors (Lipinski definition) is 2. The lowest BCUT2D eigenvalue weighted by Gasteiger charge is -2.10. The van der Waals surface area contributed by atoms with Gasteiger partial charge in [-0.3, -0.25) is 0 Å². The quantitative estimate of drug-likeness (QED) is 0.211. The predicted molar refractivity (Wildman–Crippen MR) is 111 cm³/mol. The van der Waals surface area contributed by atoms with Gasteiger partial charge in [0.15, 0.2) is 0 Å².